The molecule has 3 aliphatic carbocycles. The van der Waals surface area contributed by atoms with Gasteiger partial charge in [-0.15, -0.1) is 0 Å². The van der Waals surface area contributed by atoms with Crippen LogP contribution in [0.1, 0.15) is 40.7 Å². The molecule has 1 saturated heterocycles. The van der Waals surface area contributed by atoms with Crippen molar-refractivity contribution in [1.82, 2.24) is 15.5 Å². The van der Waals surface area contributed by atoms with Gasteiger partial charge >= 0.3 is 0 Å². The van der Waals surface area contributed by atoms with Crippen LogP contribution < -0.4 is 16.4 Å². The van der Waals surface area contributed by atoms with E-state index >= 15 is 0 Å². The van der Waals surface area contributed by atoms with E-state index in [-0.39, 0.29) is 29.7 Å². The number of allylic oxidation sites excluding steroid dienone is 1. The van der Waals surface area contributed by atoms with Gasteiger partial charge in [0, 0.05) is 24.1 Å². The second-order valence-corrected chi connectivity index (χ2v) is 11.0. The molecule has 0 spiro atoms. The number of hydrogen-bond donors (Lipinski definition) is 7. The van der Waals surface area contributed by atoms with Crippen molar-refractivity contribution < 1.29 is 34.8 Å². The number of benzene rings is 1. The average Bonchev–Trinajstić information content (AvgIpc) is 2.86. The van der Waals surface area contributed by atoms with Gasteiger partial charge in [0.2, 0.25) is 5.78 Å². The van der Waals surface area contributed by atoms with Crippen LogP contribution in [0.4, 0.5) is 0 Å². The van der Waals surface area contributed by atoms with Gasteiger partial charge in [-0.05, 0) is 76.0 Å². The molecule has 0 radical (unpaired) electrons. The van der Waals surface area contributed by atoms with Crippen LogP contribution in [0.25, 0.3) is 0 Å². The van der Waals surface area contributed by atoms with Gasteiger partial charge in [-0.25, -0.2) is 0 Å². The highest BCUT2D eigenvalue weighted by atomic mass is 16.3. The van der Waals surface area contributed by atoms with Crippen molar-refractivity contribution in [2.45, 2.75) is 49.9 Å². The number of nitrogens with one attached hydrogen (secondary N) is 2. The van der Waals surface area contributed by atoms with Gasteiger partial charge in [-0.1, -0.05) is 6.07 Å². The number of amides is 1. The number of nitrogens with zero attached hydrogens (tertiary/aromatic N) is 1. The molecule has 4 aliphatic rings. The van der Waals surface area contributed by atoms with Crippen LogP contribution in [-0.4, -0.2) is 87.7 Å². The summed E-state index contributed by atoms with van der Waals surface area (Å²) < 4.78 is 0. The zero-order chi connectivity index (χ0) is 27.5. The van der Waals surface area contributed by atoms with Crippen molar-refractivity contribution in [3.8, 4) is 5.75 Å². The molecule has 0 aromatic heterocycles. The summed E-state index contributed by atoms with van der Waals surface area (Å²) in [5.41, 5.74) is 3.32. The first-order chi connectivity index (χ1) is 18.0. The minimum atomic E-state index is -2.63. The molecule has 38 heavy (non-hydrogen) atoms. The van der Waals surface area contributed by atoms with E-state index < -0.39 is 58.0 Å². The third-order valence-electron chi connectivity index (χ3n) is 8.62. The maximum Gasteiger partial charge on any atom is 0.255 e. The van der Waals surface area contributed by atoms with Crippen LogP contribution >= 0.6 is 0 Å². The van der Waals surface area contributed by atoms with E-state index in [1.807, 2.05) is 0 Å². The highest BCUT2D eigenvalue weighted by Gasteiger charge is 2.63. The Kier molecular flexibility index (Phi) is 6.59. The van der Waals surface area contributed by atoms with Crippen LogP contribution in [0, 0.1) is 11.8 Å². The summed E-state index contributed by atoms with van der Waals surface area (Å²) in [6.07, 6.45) is 2.31. The zero-order valence-electron chi connectivity index (χ0n) is 21.5. The number of aliphatic hydroxyl groups excluding tert-OH is 2. The maximum absolute atomic E-state index is 13.8. The number of phenolic OH excluding ortho intramolecular Hbond substituents is 1. The molecule has 1 heterocycles. The first-order valence-electron chi connectivity index (χ1n) is 12.9. The van der Waals surface area contributed by atoms with Crippen LogP contribution in [0.2, 0.25) is 0 Å². The summed E-state index contributed by atoms with van der Waals surface area (Å²) in [4.78, 5) is 40.7. The zero-order valence-corrected chi connectivity index (χ0v) is 21.5. The lowest BCUT2D eigenvalue weighted by molar-refractivity contribution is -0.148. The van der Waals surface area contributed by atoms with E-state index in [4.69, 9.17) is 5.73 Å². The predicted molar refractivity (Wildman–Crippen MR) is 136 cm³/mol. The van der Waals surface area contributed by atoms with E-state index in [1.165, 1.54) is 11.0 Å². The number of primary amides is 1. The molecule has 0 bridgehead atoms. The second-order valence-electron chi connectivity index (χ2n) is 11.0. The molecule has 204 valence electrons. The fourth-order valence-corrected chi connectivity index (χ4v) is 6.76. The number of fused-ring (bicyclic) bond motifs is 3. The lowest BCUT2D eigenvalue weighted by atomic mass is 9.58. The number of Topliss-reactive ketones (excluding diaryl/α,β-unsaturated/α-hetero) is 2. The molecule has 4 atom stereocenters. The van der Waals surface area contributed by atoms with E-state index in [0.29, 0.717) is 18.2 Å². The first kappa shape index (κ1) is 26.4. The quantitative estimate of drug-likeness (QED) is 0.257. The molecule has 11 heteroatoms. The molecule has 8 N–H and O–H groups in total. The number of nitrogens with two attached hydrogens (primary N) is 1. The summed E-state index contributed by atoms with van der Waals surface area (Å²) in [6.45, 7) is 2.35. The second kappa shape index (κ2) is 9.49. The van der Waals surface area contributed by atoms with Crippen LogP contribution in [0.5, 0.6) is 5.75 Å². The fourth-order valence-electron chi connectivity index (χ4n) is 6.76. The number of carbonyl (C=O) groups is 3. The minimum Gasteiger partial charge on any atom is -0.510 e. The van der Waals surface area contributed by atoms with Crippen LogP contribution in [0.3, 0.4) is 0 Å². The van der Waals surface area contributed by atoms with Crippen molar-refractivity contribution >= 4 is 17.5 Å². The monoisotopic (exact) mass is 526 g/mol. The van der Waals surface area contributed by atoms with E-state index in [0.717, 1.165) is 31.5 Å². The molecule has 5 rings (SSSR count). The third-order valence-corrected chi connectivity index (χ3v) is 8.62. The van der Waals surface area contributed by atoms with Crippen LogP contribution in [-0.2, 0) is 22.6 Å². The van der Waals surface area contributed by atoms with Crippen molar-refractivity contribution in [2.24, 2.45) is 17.6 Å². The Labute approximate surface area is 220 Å². The molecular weight excluding hydrogens is 492 g/mol. The number of likely N-dealkylation sites (N-methyl/N-ethyl adjacent to an activating group) is 1. The highest BCUT2D eigenvalue weighted by molar-refractivity contribution is 6.24. The maximum atomic E-state index is 13.8. The SMILES string of the molecule is CN(C)[C@H]1C(O)=C(C(N)=O)C(=O)[C@]2(O)C(O)=C3C(=O)c4c(O)ccc(CNC5CCNCC5)c4C[C@@H]3C[C@H]12. The molecule has 0 unspecified atom stereocenters. The third kappa shape index (κ3) is 3.84. The summed E-state index contributed by atoms with van der Waals surface area (Å²) in [5, 5.41) is 51.4. The highest BCUT2D eigenvalue weighted by Crippen LogP contribution is 2.52. The number of aromatic hydroxyl groups is 1. The number of piperidine rings is 1. The molecule has 1 aromatic rings. The summed E-state index contributed by atoms with van der Waals surface area (Å²) in [6, 6.07) is 2.54. The molecule has 1 aliphatic heterocycles. The Balaban J connectivity index is 1.58. The van der Waals surface area contributed by atoms with Crippen molar-refractivity contribution in [3.05, 3.63) is 51.5 Å². The number of carbonyl (C=O) groups excluding carboxylic acids is 3. The molecular formula is C27H34N4O7. The summed E-state index contributed by atoms with van der Waals surface area (Å²) in [5.74, 6) is -6.45. The molecule has 1 fully saturated rings. The number of aliphatic hydroxyl groups is 3. The van der Waals surface area contributed by atoms with Gasteiger partial charge in [-0.3, -0.25) is 19.3 Å². The number of hydrogen-bond acceptors (Lipinski definition) is 10. The van der Waals surface area contributed by atoms with Crippen molar-refractivity contribution in [3.63, 3.8) is 0 Å². The Hall–Kier alpha value is -3.25. The van der Waals surface area contributed by atoms with Crippen LogP contribution in [0.15, 0.2) is 34.8 Å². The Morgan fingerprint density at radius 2 is 1.87 bits per heavy atom. The number of phenols is 1. The van der Waals surface area contributed by atoms with Crippen molar-refractivity contribution in [1.29, 1.82) is 0 Å². The van der Waals surface area contributed by atoms with Crippen molar-refractivity contribution in [2.75, 3.05) is 27.2 Å². The van der Waals surface area contributed by atoms with Gasteiger partial charge in [-0.2, -0.15) is 0 Å². The standard InChI is InChI=1S/C27H34N4O7/c1-31(2)21-16-10-13-9-15-12(11-30-14-5-7-29-8-6-14)3-4-17(32)19(15)22(33)18(13)24(35)27(16,38)25(36)20(23(21)34)26(28)37/h3-4,13-14,16,21,29-30,32,34-35,38H,5-11H2,1-2H3,(H2,28,37)/t13-,16-,21-,27-/m1/s1. The molecule has 1 aromatic carbocycles. The number of ketones is 2. The fraction of sp³-hybridized carbons (Fsp3) is 0.519. The molecule has 1 amide bonds. The first-order valence-corrected chi connectivity index (χ1v) is 12.9. The molecule has 0 saturated carbocycles. The van der Waals surface area contributed by atoms with Gasteiger partial charge in [0.25, 0.3) is 5.91 Å². The largest absolute Gasteiger partial charge is 0.510 e. The number of rotatable bonds is 5. The van der Waals surface area contributed by atoms with E-state index in [2.05, 4.69) is 10.6 Å². The van der Waals surface area contributed by atoms with Gasteiger partial charge < -0.3 is 36.8 Å². The average molecular weight is 527 g/mol. The minimum absolute atomic E-state index is 0.0374. The predicted octanol–water partition coefficient (Wildman–Crippen LogP) is -0.0378. The topological polar surface area (TPSA) is 185 Å². The van der Waals surface area contributed by atoms with Gasteiger partial charge in [0.1, 0.15) is 22.8 Å². The molecule has 11 nitrogen and oxygen atoms in total. The Morgan fingerprint density at radius 1 is 1.18 bits per heavy atom. The van der Waals surface area contributed by atoms with Gasteiger partial charge in [0.15, 0.2) is 11.4 Å². The summed E-state index contributed by atoms with van der Waals surface area (Å²) in [7, 11) is 3.21. The smallest absolute Gasteiger partial charge is 0.255 e. The van der Waals surface area contributed by atoms with E-state index in [9.17, 15) is 34.8 Å². The lowest BCUT2D eigenvalue weighted by Gasteiger charge is -2.50. The van der Waals surface area contributed by atoms with Gasteiger partial charge in [0.05, 0.1) is 11.6 Å². The lowest BCUT2D eigenvalue weighted by Crippen LogP contribution is -2.63. The van der Waals surface area contributed by atoms with E-state index in [1.54, 1.807) is 20.2 Å². The Morgan fingerprint density at radius 3 is 2.50 bits per heavy atom. The Bertz CT molecular complexity index is 1280. The normalized spacial score (nSPS) is 29.8. The summed E-state index contributed by atoms with van der Waals surface area (Å²) >= 11 is 0.